The summed E-state index contributed by atoms with van der Waals surface area (Å²) in [7, 11) is -3.02. The molecular formula is C60H42N2Si. The Kier molecular flexibility index (Phi) is 8.87. The van der Waals surface area contributed by atoms with Gasteiger partial charge in [0, 0.05) is 27.2 Å². The molecule has 0 aliphatic rings. The van der Waals surface area contributed by atoms with Gasteiger partial charge in [0.1, 0.15) is 0 Å². The van der Waals surface area contributed by atoms with Gasteiger partial charge in [-0.2, -0.15) is 0 Å². The molecule has 0 amide bonds. The van der Waals surface area contributed by atoms with Gasteiger partial charge in [-0.05, 0) is 79.4 Å². The van der Waals surface area contributed by atoms with Gasteiger partial charge in [-0.25, -0.2) is 0 Å². The fraction of sp³-hybridized carbons (Fsp3) is 0. The Balaban J connectivity index is 1.24. The standard InChI is InChI=1S/C60H42N2Si/c1-6-21-43(22-7-1)44-39-41-46(42-40-44)61-53-34-17-16-31-51(53)59-55(61)36-20-37-56(59)62-54-35-18-32-50(45-23-8-2-9-24-45)58(54)52-33-19-38-57(60(52)62)63(47-25-10-3-11-26-47,48-27-12-4-13-28-48)49-29-14-5-15-30-49/h1-42H. The van der Waals surface area contributed by atoms with E-state index in [4.69, 9.17) is 0 Å². The zero-order valence-corrected chi connectivity index (χ0v) is 35.6. The van der Waals surface area contributed by atoms with Crippen LogP contribution in [0.15, 0.2) is 255 Å². The molecule has 12 aromatic rings. The number of benzene rings is 10. The first kappa shape index (κ1) is 36.8. The molecule has 0 N–H and O–H groups in total. The van der Waals surface area contributed by atoms with E-state index in [1.807, 2.05) is 0 Å². The van der Waals surface area contributed by atoms with Crippen molar-refractivity contribution in [2.24, 2.45) is 0 Å². The maximum Gasteiger partial charge on any atom is 0.181 e. The lowest BCUT2D eigenvalue weighted by Gasteiger charge is -2.35. The second-order valence-electron chi connectivity index (χ2n) is 16.4. The summed E-state index contributed by atoms with van der Waals surface area (Å²) in [5, 5.41) is 10.4. The first-order chi connectivity index (χ1) is 31.3. The molecule has 0 bridgehead atoms. The number of para-hydroxylation sites is 2. The zero-order valence-electron chi connectivity index (χ0n) is 34.6. The third kappa shape index (κ3) is 5.78. The van der Waals surface area contributed by atoms with E-state index in [9.17, 15) is 0 Å². The fourth-order valence-corrected chi connectivity index (χ4v) is 15.4. The van der Waals surface area contributed by atoms with E-state index >= 15 is 0 Å². The maximum absolute atomic E-state index is 3.02. The van der Waals surface area contributed by atoms with Gasteiger partial charge in [-0.3, -0.25) is 0 Å². The third-order valence-electron chi connectivity index (χ3n) is 13.1. The number of aromatic nitrogens is 2. The predicted octanol–water partition coefficient (Wildman–Crippen LogP) is 12.6. The monoisotopic (exact) mass is 818 g/mol. The van der Waals surface area contributed by atoms with E-state index in [0.717, 1.165) is 11.4 Å². The quantitative estimate of drug-likeness (QED) is 0.107. The molecule has 2 heterocycles. The van der Waals surface area contributed by atoms with Crippen LogP contribution in [0.1, 0.15) is 0 Å². The molecule has 296 valence electrons. The summed E-state index contributed by atoms with van der Waals surface area (Å²) in [4.78, 5) is 0. The highest BCUT2D eigenvalue weighted by Gasteiger charge is 2.43. The highest BCUT2D eigenvalue weighted by molar-refractivity contribution is 7.20. The molecule has 12 rings (SSSR count). The Hall–Kier alpha value is -7.98. The summed E-state index contributed by atoms with van der Waals surface area (Å²) >= 11 is 0. The summed E-state index contributed by atoms with van der Waals surface area (Å²) in [5.74, 6) is 0. The van der Waals surface area contributed by atoms with Crippen LogP contribution in [0.25, 0.3) is 77.2 Å². The predicted molar refractivity (Wildman–Crippen MR) is 270 cm³/mol. The molecule has 63 heavy (non-hydrogen) atoms. The van der Waals surface area contributed by atoms with Crippen LogP contribution in [0.5, 0.6) is 0 Å². The molecule has 0 saturated heterocycles. The smallest absolute Gasteiger partial charge is 0.181 e. The van der Waals surface area contributed by atoms with Crippen LogP contribution in [0.4, 0.5) is 0 Å². The Morgan fingerprint density at radius 1 is 0.286 bits per heavy atom. The van der Waals surface area contributed by atoms with Gasteiger partial charge in [-0.1, -0.05) is 218 Å². The van der Waals surface area contributed by atoms with Crippen molar-refractivity contribution >= 4 is 72.4 Å². The average Bonchev–Trinajstić information content (AvgIpc) is 3.90. The van der Waals surface area contributed by atoms with Gasteiger partial charge < -0.3 is 9.13 Å². The second-order valence-corrected chi connectivity index (χ2v) is 20.2. The third-order valence-corrected chi connectivity index (χ3v) is 17.9. The molecule has 0 aliphatic heterocycles. The van der Waals surface area contributed by atoms with Crippen LogP contribution in [-0.4, -0.2) is 17.2 Å². The van der Waals surface area contributed by atoms with Gasteiger partial charge in [-0.15, -0.1) is 0 Å². The lowest BCUT2D eigenvalue weighted by Crippen LogP contribution is -2.75. The SMILES string of the molecule is c1ccc(-c2ccc(-n3c4ccccc4c4c(-n5c6cccc(-c7ccccc7)c6c6cccc([Si](c7ccccc7)(c7ccccc7)c7ccccc7)c65)cccc43)cc2)cc1. The van der Waals surface area contributed by atoms with Gasteiger partial charge in [0.25, 0.3) is 0 Å². The Bertz CT molecular complexity index is 3480. The van der Waals surface area contributed by atoms with Crippen LogP contribution in [0.3, 0.4) is 0 Å². The Morgan fingerprint density at radius 3 is 1.37 bits per heavy atom. The summed E-state index contributed by atoms with van der Waals surface area (Å²) < 4.78 is 5.07. The van der Waals surface area contributed by atoms with E-state index in [0.29, 0.717) is 0 Å². The van der Waals surface area contributed by atoms with E-state index in [-0.39, 0.29) is 0 Å². The first-order valence-electron chi connectivity index (χ1n) is 21.8. The lowest BCUT2D eigenvalue weighted by molar-refractivity contribution is 1.17. The van der Waals surface area contributed by atoms with Crippen molar-refractivity contribution in [2.75, 3.05) is 0 Å². The highest BCUT2D eigenvalue weighted by Crippen LogP contribution is 2.42. The van der Waals surface area contributed by atoms with E-state index in [1.165, 1.54) is 86.6 Å². The minimum Gasteiger partial charge on any atom is -0.309 e. The maximum atomic E-state index is 2.63. The first-order valence-corrected chi connectivity index (χ1v) is 23.8. The van der Waals surface area contributed by atoms with Crippen molar-refractivity contribution in [3.05, 3.63) is 255 Å². The summed E-state index contributed by atoms with van der Waals surface area (Å²) in [6.07, 6.45) is 0. The molecular weight excluding hydrogens is 777 g/mol. The normalized spacial score (nSPS) is 11.8. The molecule has 10 aromatic carbocycles. The molecule has 0 saturated carbocycles. The van der Waals surface area contributed by atoms with Gasteiger partial charge in [0.15, 0.2) is 8.07 Å². The van der Waals surface area contributed by atoms with Crippen molar-refractivity contribution in [3.63, 3.8) is 0 Å². The molecule has 0 unspecified atom stereocenters. The topological polar surface area (TPSA) is 9.86 Å². The molecule has 0 fully saturated rings. The van der Waals surface area contributed by atoms with Crippen molar-refractivity contribution in [2.45, 2.75) is 0 Å². The molecule has 2 aromatic heterocycles. The van der Waals surface area contributed by atoms with Crippen molar-refractivity contribution in [1.29, 1.82) is 0 Å². The molecule has 3 heteroatoms. The number of rotatable bonds is 8. The van der Waals surface area contributed by atoms with E-state index < -0.39 is 8.07 Å². The lowest BCUT2D eigenvalue weighted by atomic mass is 9.99. The molecule has 0 aliphatic carbocycles. The van der Waals surface area contributed by atoms with Crippen molar-refractivity contribution in [1.82, 2.24) is 9.13 Å². The summed E-state index contributed by atoms with van der Waals surface area (Å²) in [5.41, 5.74) is 11.9. The number of fused-ring (bicyclic) bond motifs is 6. The molecule has 0 spiro atoms. The van der Waals surface area contributed by atoms with Gasteiger partial charge in [0.05, 0.1) is 27.8 Å². The zero-order chi connectivity index (χ0) is 41.7. The van der Waals surface area contributed by atoms with E-state index in [1.54, 1.807) is 0 Å². The van der Waals surface area contributed by atoms with Crippen LogP contribution in [0, 0.1) is 0 Å². The van der Waals surface area contributed by atoms with Crippen LogP contribution < -0.4 is 20.7 Å². The van der Waals surface area contributed by atoms with Crippen LogP contribution in [0.2, 0.25) is 0 Å². The minimum atomic E-state index is -3.02. The second kappa shape index (κ2) is 15.2. The number of hydrogen-bond donors (Lipinski definition) is 0. The number of hydrogen-bond acceptors (Lipinski definition) is 0. The van der Waals surface area contributed by atoms with Gasteiger partial charge >= 0.3 is 0 Å². The molecule has 0 radical (unpaired) electrons. The fourth-order valence-electron chi connectivity index (χ4n) is 10.5. The Labute approximate surface area is 368 Å². The Morgan fingerprint density at radius 2 is 0.746 bits per heavy atom. The average molecular weight is 819 g/mol. The largest absolute Gasteiger partial charge is 0.309 e. The summed E-state index contributed by atoms with van der Waals surface area (Å²) in [6.45, 7) is 0. The number of nitrogens with zero attached hydrogens (tertiary/aromatic N) is 2. The van der Waals surface area contributed by atoms with Crippen LogP contribution in [-0.2, 0) is 0 Å². The summed E-state index contributed by atoms with van der Waals surface area (Å²) in [6, 6.07) is 94.3. The van der Waals surface area contributed by atoms with E-state index in [2.05, 4.69) is 264 Å². The van der Waals surface area contributed by atoms with Crippen molar-refractivity contribution < 1.29 is 0 Å². The highest BCUT2D eigenvalue weighted by atomic mass is 28.3. The molecule has 2 nitrogen and oxygen atoms in total. The van der Waals surface area contributed by atoms with Crippen molar-refractivity contribution in [3.8, 4) is 33.6 Å². The van der Waals surface area contributed by atoms with Gasteiger partial charge in [0.2, 0.25) is 0 Å². The minimum absolute atomic E-state index is 1.14. The molecule has 0 atom stereocenters. The van der Waals surface area contributed by atoms with Crippen LogP contribution >= 0.6 is 0 Å².